The number of carboxylic acids is 1. The first kappa shape index (κ1) is 26.7. The van der Waals surface area contributed by atoms with Gasteiger partial charge in [0.05, 0.1) is 5.97 Å². The quantitative estimate of drug-likeness (QED) is 0.414. The van der Waals surface area contributed by atoms with Crippen molar-refractivity contribution < 1.29 is 39.5 Å². The third-order valence-electron chi connectivity index (χ3n) is 6.51. The van der Waals surface area contributed by atoms with Gasteiger partial charge in [0.15, 0.2) is 0 Å². The first-order chi connectivity index (χ1) is 13.4. The minimum atomic E-state index is -1.11. The summed E-state index contributed by atoms with van der Waals surface area (Å²) in [5, 5.41) is 14.4. The Morgan fingerprint density at radius 3 is 2.21 bits per heavy atom. The molecular formula is C24H40NNaO2Si. The van der Waals surface area contributed by atoms with Gasteiger partial charge in [0.2, 0.25) is 0 Å². The number of carbonyl (C=O) groups is 1. The fourth-order valence-electron chi connectivity index (χ4n) is 4.56. The maximum absolute atomic E-state index is 10.8. The summed E-state index contributed by atoms with van der Waals surface area (Å²) in [4.78, 5) is 10.8. The molecule has 158 valence electrons. The fraction of sp³-hybridized carbons (Fsp3) is 0.708. The van der Waals surface area contributed by atoms with E-state index in [1.807, 2.05) is 12.1 Å². The molecule has 29 heavy (non-hydrogen) atoms. The van der Waals surface area contributed by atoms with Gasteiger partial charge in [-0.25, -0.2) is 0 Å². The number of nitrogens with one attached hydrogen (secondary N) is 1. The van der Waals surface area contributed by atoms with Gasteiger partial charge in [0.1, 0.15) is 0 Å². The molecule has 5 heteroatoms. The average Bonchev–Trinajstić information content (AvgIpc) is 2.67. The molecule has 1 aliphatic carbocycles. The van der Waals surface area contributed by atoms with Crippen molar-refractivity contribution in [3.63, 3.8) is 0 Å². The molecule has 1 aliphatic rings. The number of hydrogen-bond acceptors (Lipinski definition) is 3. The predicted octanol–water partition coefficient (Wildman–Crippen LogP) is 3.09. The number of hydrogen-bond donors (Lipinski definition) is 1. The third kappa shape index (κ3) is 10.5. The van der Waals surface area contributed by atoms with Crippen molar-refractivity contribution in [3.05, 3.63) is 29.8 Å². The summed E-state index contributed by atoms with van der Waals surface area (Å²) in [6.45, 7) is 7.47. The van der Waals surface area contributed by atoms with Gasteiger partial charge in [0.25, 0.3) is 0 Å². The maximum atomic E-state index is 10.8. The summed E-state index contributed by atoms with van der Waals surface area (Å²) < 4.78 is 0. The number of anilines is 1. The van der Waals surface area contributed by atoms with E-state index < -0.39 is 14.0 Å². The van der Waals surface area contributed by atoms with Crippen molar-refractivity contribution in [2.24, 2.45) is 5.92 Å². The van der Waals surface area contributed by atoms with Gasteiger partial charge in [-0.2, -0.15) is 0 Å². The van der Waals surface area contributed by atoms with Gasteiger partial charge in [0, 0.05) is 19.8 Å². The zero-order valence-electron chi connectivity index (χ0n) is 19.3. The predicted molar refractivity (Wildman–Crippen MR) is 121 cm³/mol. The van der Waals surface area contributed by atoms with Crippen LogP contribution >= 0.6 is 0 Å². The molecule has 0 atom stereocenters. The van der Waals surface area contributed by atoms with E-state index in [4.69, 9.17) is 0 Å². The van der Waals surface area contributed by atoms with Crippen molar-refractivity contribution in [2.45, 2.75) is 102 Å². The minimum absolute atomic E-state index is 0. The number of carboxylic acid groups (broad SMARTS) is 1. The molecule has 0 spiro atoms. The smallest absolute Gasteiger partial charge is 0.545 e. The Balaban J connectivity index is 0.00000420. The van der Waals surface area contributed by atoms with Gasteiger partial charge in [-0.3, -0.25) is 0 Å². The van der Waals surface area contributed by atoms with Crippen LogP contribution in [0.2, 0.25) is 25.2 Å². The second-order valence-electron chi connectivity index (χ2n) is 9.59. The van der Waals surface area contributed by atoms with E-state index in [1.165, 1.54) is 76.3 Å². The second kappa shape index (κ2) is 13.9. The molecule has 1 N–H and O–H groups in total. The summed E-state index contributed by atoms with van der Waals surface area (Å²) >= 11 is 0. The molecule has 2 rings (SSSR count). The van der Waals surface area contributed by atoms with E-state index in [-0.39, 0.29) is 35.1 Å². The molecule has 1 aromatic rings. The molecular weight excluding hydrogens is 385 g/mol. The maximum Gasteiger partial charge on any atom is 1.00 e. The largest absolute Gasteiger partial charge is 1.00 e. The molecule has 0 aliphatic heterocycles. The minimum Gasteiger partial charge on any atom is -0.545 e. The molecule has 3 nitrogen and oxygen atoms in total. The van der Waals surface area contributed by atoms with Crippen LogP contribution in [0.5, 0.6) is 0 Å². The zero-order valence-corrected chi connectivity index (χ0v) is 22.3. The second-order valence-corrected chi connectivity index (χ2v) is 14.9. The molecule has 0 bridgehead atoms. The van der Waals surface area contributed by atoms with E-state index in [1.54, 1.807) is 12.1 Å². The number of benzene rings is 1. The van der Waals surface area contributed by atoms with Gasteiger partial charge in [-0.15, -0.1) is 0 Å². The Labute approximate surface area is 201 Å². The molecule has 1 saturated carbocycles. The summed E-state index contributed by atoms with van der Waals surface area (Å²) in [5.74, 6) is -0.206. The summed E-state index contributed by atoms with van der Waals surface area (Å²) in [6.07, 6.45) is 13.6. The number of unbranched alkanes of at least 4 members (excludes halogenated alkanes) is 3. The average molecular weight is 426 g/mol. The van der Waals surface area contributed by atoms with Crippen LogP contribution in [0.25, 0.3) is 0 Å². The number of rotatable bonds is 12. The van der Waals surface area contributed by atoms with Crippen LogP contribution in [0.1, 0.15) is 81.5 Å². The van der Waals surface area contributed by atoms with Gasteiger partial charge < -0.3 is 15.2 Å². The standard InChI is InChI=1S/C24H41NO2Si.Na/c1-4-5-6-7-18-28(2,3)19-8-9-20-10-14-22(15-11-20)25-23-16-12-21(13-17-23)24(26)27;/h12-13,16-17,20,22,25H,4-11,14-15,18-19H2,1-3H3,(H,26,27);/q;+1/p-1. The van der Waals surface area contributed by atoms with Gasteiger partial charge >= 0.3 is 29.6 Å². The summed E-state index contributed by atoms with van der Waals surface area (Å²) in [6, 6.07) is 10.5. The van der Waals surface area contributed by atoms with Gasteiger partial charge in [-0.05, 0) is 49.3 Å². The number of aromatic carboxylic acids is 1. The monoisotopic (exact) mass is 425 g/mol. The van der Waals surface area contributed by atoms with Crippen molar-refractivity contribution >= 4 is 19.7 Å². The van der Waals surface area contributed by atoms with E-state index in [9.17, 15) is 9.90 Å². The van der Waals surface area contributed by atoms with Crippen LogP contribution in [-0.2, 0) is 0 Å². The van der Waals surface area contributed by atoms with Crippen LogP contribution in [-0.4, -0.2) is 20.1 Å². The molecule has 0 aromatic heterocycles. The van der Waals surface area contributed by atoms with Crippen LogP contribution < -0.4 is 40.0 Å². The Hall–Kier alpha value is -0.293. The van der Waals surface area contributed by atoms with E-state index in [2.05, 4.69) is 25.3 Å². The SMILES string of the molecule is CCCCCC[Si](C)(C)CCCC1CCC(Nc2ccc(C(=O)[O-])cc2)CC1.[Na+]. The molecule has 1 fully saturated rings. The van der Waals surface area contributed by atoms with Crippen molar-refractivity contribution in [1.82, 2.24) is 0 Å². The number of carbonyl (C=O) groups excluding carboxylic acids is 1. The van der Waals surface area contributed by atoms with Crippen LogP contribution in [0.4, 0.5) is 5.69 Å². The van der Waals surface area contributed by atoms with Crippen LogP contribution in [0.3, 0.4) is 0 Å². The van der Waals surface area contributed by atoms with Gasteiger partial charge in [-0.1, -0.05) is 82.8 Å². The zero-order chi connectivity index (χ0) is 20.4. The van der Waals surface area contributed by atoms with Crippen LogP contribution in [0, 0.1) is 5.92 Å². The van der Waals surface area contributed by atoms with Crippen LogP contribution in [0.15, 0.2) is 24.3 Å². The molecule has 0 saturated heterocycles. The first-order valence-electron chi connectivity index (χ1n) is 11.5. The van der Waals surface area contributed by atoms with Crippen molar-refractivity contribution in [1.29, 1.82) is 0 Å². The summed E-state index contributed by atoms with van der Waals surface area (Å²) in [5.41, 5.74) is 1.26. The molecule has 0 radical (unpaired) electrons. The first-order valence-corrected chi connectivity index (χ1v) is 14.9. The Morgan fingerprint density at radius 2 is 1.62 bits per heavy atom. The topological polar surface area (TPSA) is 52.2 Å². The third-order valence-corrected chi connectivity index (χ3v) is 9.93. The molecule has 0 amide bonds. The van der Waals surface area contributed by atoms with E-state index in [0.29, 0.717) is 6.04 Å². The molecule has 1 aromatic carbocycles. The molecule has 0 unspecified atom stereocenters. The van der Waals surface area contributed by atoms with Crippen molar-refractivity contribution in [2.75, 3.05) is 5.32 Å². The van der Waals surface area contributed by atoms with E-state index in [0.717, 1.165) is 11.6 Å². The summed E-state index contributed by atoms with van der Waals surface area (Å²) in [7, 11) is -0.974. The Kier molecular flexibility index (Phi) is 12.8. The molecule has 0 heterocycles. The normalized spacial score (nSPS) is 19.4. The Bertz CT molecular complexity index is 583. The van der Waals surface area contributed by atoms with E-state index >= 15 is 0 Å². The van der Waals surface area contributed by atoms with Crippen molar-refractivity contribution in [3.8, 4) is 0 Å². The Morgan fingerprint density at radius 1 is 1.00 bits per heavy atom. The fourth-order valence-corrected chi connectivity index (χ4v) is 7.18.